The van der Waals surface area contributed by atoms with Gasteiger partial charge in [-0.1, -0.05) is 31.1 Å². The summed E-state index contributed by atoms with van der Waals surface area (Å²) in [5.74, 6) is 0.937. The van der Waals surface area contributed by atoms with Gasteiger partial charge in [0.15, 0.2) is 16.3 Å². The Balaban J connectivity index is 1.95. The molecule has 0 radical (unpaired) electrons. The standard InChI is InChI=1S/C25H30N2O6S/c1-5-7-8-13-33-18-11-9-17(10-12-18)24(29)26-25-27(16-23(28)32-6-2)19-14-20(30-3)21(31-4)15-22(19)34-25/h9-12,14-15H,5-8,13,16H2,1-4H3. The fraction of sp³-hybridized carbons (Fsp3) is 0.400. The van der Waals surface area contributed by atoms with Gasteiger partial charge < -0.3 is 23.5 Å². The van der Waals surface area contributed by atoms with Gasteiger partial charge in [-0.2, -0.15) is 4.99 Å². The van der Waals surface area contributed by atoms with E-state index in [0.717, 1.165) is 24.0 Å². The van der Waals surface area contributed by atoms with Crippen LogP contribution in [0.1, 0.15) is 43.5 Å². The third kappa shape index (κ3) is 6.17. The van der Waals surface area contributed by atoms with Gasteiger partial charge in [0, 0.05) is 17.7 Å². The van der Waals surface area contributed by atoms with Gasteiger partial charge in [0.25, 0.3) is 5.91 Å². The van der Waals surface area contributed by atoms with Crippen molar-refractivity contribution in [2.24, 2.45) is 4.99 Å². The quantitative estimate of drug-likeness (QED) is 0.291. The van der Waals surface area contributed by atoms with Crippen LogP contribution in [0.3, 0.4) is 0 Å². The van der Waals surface area contributed by atoms with Gasteiger partial charge in [-0.25, -0.2) is 0 Å². The molecule has 1 amide bonds. The number of benzene rings is 2. The van der Waals surface area contributed by atoms with Crippen LogP contribution < -0.4 is 19.0 Å². The Bertz CT molecular complexity index is 1200. The zero-order chi connectivity index (χ0) is 24.5. The van der Waals surface area contributed by atoms with Gasteiger partial charge in [0.1, 0.15) is 12.3 Å². The number of thiazole rings is 1. The molecule has 0 fully saturated rings. The van der Waals surface area contributed by atoms with Crippen LogP contribution in [-0.4, -0.2) is 43.9 Å². The number of carbonyl (C=O) groups is 2. The number of amides is 1. The number of hydrogen-bond donors (Lipinski definition) is 0. The lowest BCUT2D eigenvalue weighted by molar-refractivity contribution is -0.143. The van der Waals surface area contributed by atoms with E-state index in [1.54, 1.807) is 55.0 Å². The highest BCUT2D eigenvalue weighted by Gasteiger charge is 2.16. The van der Waals surface area contributed by atoms with E-state index < -0.39 is 11.9 Å². The number of aromatic nitrogens is 1. The van der Waals surface area contributed by atoms with E-state index in [4.69, 9.17) is 18.9 Å². The molecule has 3 rings (SSSR count). The topological polar surface area (TPSA) is 88.4 Å². The number of nitrogens with zero attached hydrogens (tertiary/aromatic N) is 2. The van der Waals surface area contributed by atoms with Crippen LogP contribution in [0.4, 0.5) is 0 Å². The summed E-state index contributed by atoms with van der Waals surface area (Å²) in [7, 11) is 3.09. The number of fused-ring (bicyclic) bond motifs is 1. The number of unbranched alkanes of at least 4 members (excludes halogenated alkanes) is 2. The molecule has 9 heteroatoms. The fourth-order valence-electron chi connectivity index (χ4n) is 3.36. The Kier molecular flexibility index (Phi) is 9.09. The molecule has 34 heavy (non-hydrogen) atoms. The Hall–Kier alpha value is -3.33. The predicted molar refractivity (Wildman–Crippen MR) is 131 cm³/mol. The van der Waals surface area contributed by atoms with Crippen molar-refractivity contribution in [2.45, 2.75) is 39.7 Å². The number of methoxy groups -OCH3 is 2. The minimum atomic E-state index is -0.421. The summed E-state index contributed by atoms with van der Waals surface area (Å²) in [6.07, 6.45) is 3.24. The third-order valence-corrected chi connectivity index (χ3v) is 6.14. The Morgan fingerprint density at radius 3 is 2.35 bits per heavy atom. The summed E-state index contributed by atoms with van der Waals surface area (Å²) in [4.78, 5) is 29.9. The molecule has 0 atom stereocenters. The van der Waals surface area contributed by atoms with Crippen LogP contribution in [0.2, 0.25) is 0 Å². The average Bonchev–Trinajstić information content (AvgIpc) is 3.16. The molecule has 0 saturated heterocycles. The summed E-state index contributed by atoms with van der Waals surface area (Å²) < 4.78 is 24.1. The van der Waals surface area contributed by atoms with Crippen molar-refractivity contribution in [3.63, 3.8) is 0 Å². The van der Waals surface area contributed by atoms with Gasteiger partial charge in [0.2, 0.25) is 0 Å². The van der Waals surface area contributed by atoms with Gasteiger partial charge in [0.05, 0.1) is 37.6 Å². The van der Waals surface area contributed by atoms with Crippen molar-refractivity contribution >= 4 is 33.4 Å². The number of rotatable bonds is 11. The first-order chi connectivity index (χ1) is 16.5. The van der Waals surface area contributed by atoms with Crippen LogP contribution in [-0.2, 0) is 16.1 Å². The minimum Gasteiger partial charge on any atom is -0.494 e. The van der Waals surface area contributed by atoms with Gasteiger partial charge in [-0.3, -0.25) is 9.59 Å². The Morgan fingerprint density at radius 2 is 1.71 bits per heavy atom. The summed E-state index contributed by atoms with van der Waals surface area (Å²) in [5, 5.41) is 0. The minimum absolute atomic E-state index is 0.0834. The number of esters is 1. The normalized spacial score (nSPS) is 11.5. The molecule has 0 saturated carbocycles. The van der Waals surface area contributed by atoms with Crippen molar-refractivity contribution in [3.05, 3.63) is 46.8 Å². The van der Waals surface area contributed by atoms with Crippen molar-refractivity contribution in [2.75, 3.05) is 27.4 Å². The summed E-state index contributed by atoms with van der Waals surface area (Å²) in [6, 6.07) is 10.5. The van der Waals surface area contributed by atoms with Crippen molar-refractivity contribution in [1.82, 2.24) is 4.57 Å². The number of hydrogen-bond acceptors (Lipinski definition) is 7. The zero-order valence-electron chi connectivity index (χ0n) is 20.0. The van der Waals surface area contributed by atoms with Crippen LogP contribution in [0, 0.1) is 0 Å². The maximum absolute atomic E-state index is 12.9. The molecule has 0 unspecified atom stereocenters. The predicted octanol–water partition coefficient (Wildman–Crippen LogP) is 4.59. The van der Waals surface area contributed by atoms with Gasteiger partial charge in [-0.05, 0) is 37.6 Å². The molecular formula is C25H30N2O6S. The molecule has 0 aliphatic heterocycles. The van der Waals surface area contributed by atoms with E-state index in [1.807, 2.05) is 0 Å². The van der Waals surface area contributed by atoms with Gasteiger partial charge >= 0.3 is 5.97 Å². The maximum Gasteiger partial charge on any atom is 0.326 e. The monoisotopic (exact) mass is 486 g/mol. The smallest absolute Gasteiger partial charge is 0.326 e. The van der Waals surface area contributed by atoms with Crippen LogP contribution in [0.5, 0.6) is 17.2 Å². The molecule has 0 aliphatic carbocycles. The molecule has 0 N–H and O–H groups in total. The molecule has 0 spiro atoms. The van der Waals surface area contributed by atoms with Crippen molar-refractivity contribution in [1.29, 1.82) is 0 Å². The first-order valence-corrected chi connectivity index (χ1v) is 12.0. The molecule has 0 bridgehead atoms. The second-order valence-corrected chi connectivity index (χ2v) is 8.46. The molecule has 2 aromatic carbocycles. The lowest BCUT2D eigenvalue weighted by Crippen LogP contribution is -2.23. The van der Waals surface area contributed by atoms with E-state index in [1.165, 1.54) is 18.4 Å². The molecule has 3 aromatic rings. The number of carbonyl (C=O) groups excluding carboxylic acids is 2. The summed E-state index contributed by atoms with van der Waals surface area (Å²) in [6.45, 7) is 4.71. The molecule has 0 aliphatic rings. The second kappa shape index (κ2) is 12.2. The van der Waals surface area contributed by atoms with Crippen LogP contribution >= 0.6 is 11.3 Å². The average molecular weight is 487 g/mol. The van der Waals surface area contributed by atoms with E-state index in [-0.39, 0.29) is 13.2 Å². The Morgan fingerprint density at radius 1 is 1.00 bits per heavy atom. The SMILES string of the molecule is CCCCCOc1ccc(C(=O)N=c2sc3cc(OC)c(OC)cc3n2CC(=O)OCC)cc1. The molecule has 1 heterocycles. The van der Waals surface area contributed by atoms with Crippen molar-refractivity contribution in [3.8, 4) is 17.2 Å². The fourth-order valence-corrected chi connectivity index (χ4v) is 4.40. The third-order valence-electron chi connectivity index (χ3n) is 5.10. The Labute approximate surface area is 202 Å². The molecule has 8 nitrogen and oxygen atoms in total. The second-order valence-electron chi connectivity index (χ2n) is 7.45. The highest BCUT2D eigenvalue weighted by molar-refractivity contribution is 7.16. The highest BCUT2D eigenvalue weighted by atomic mass is 32.1. The van der Waals surface area contributed by atoms with E-state index >= 15 is 0 Å². The van der Waals surface area contributed by atoms with Crippen LogP contribution in [0.15, 0.2) is 41.4 Å². The summed E-state index contributed by atoms with van der Waals surface area (Å²) in [5.41, 5.74) is 1.12. The number of ether oxygens (including phenoxy) is 4. The van der Waals surface area contributed by atoms with Crippen LogP contribution in [0.25, 0.3) is 10.2 Å². The maximum atomic E-state index is 12.9. The first-order valence-electron chi connectivity index (χ1n) is 11.2. The largest absolute Gasteiger partial charge is 0.494 e. The van der Waals surface area contributed by atoms with E-state index in [0.29, 0.717) is 39.7 Å². The summed E-state index contributed by atoms with van der Waals surface area (Å²) >= 11 is 1.28. The highest BCUT2D eigenvalue weighted by Crippen LogP contribution is 2.33. The molecule has 182 valence electrons. The molecular weight excluding hydrogens is 456 g/mol. The first kappa shape index (κ1) is 25.3. The van der Waals surface area contributed by atoms with E-state index in [2.05, 4.69) is 11.9 Å². The zero-order valence-corrected chi connectivity index (χ0v) is 20.8. The van der Waals surface area contributed by atoms with Crippen molar-refractivity contribution < 1.29 is 28.5 Å². The van der Waals surface area contributed by atoms with E-state index in [9.17, 15) is 9.59 Å². The molecule has 1 aromatic heterocycles. The lowest BCUT2D eigenvalue weighted by atomic mass is 10.2. The van der Waals surface area contributed by atoms with Gasteiger partial charge in [-0.15, -0.1) is 0 Å². The lowest BCUT2D eigenvalue weighted by Gasteiger charge is -2.09.